The lowest BCUT2D eigenvalue weighted by molar-refractivity contribution is 0.0691. The van der Waals surface area contributed by atoms with Crippen molar-refractivity contribution in [2.24, 2.45) is 0 Å². The molecule has 0 aliphatic carbocycles. The Bertz CT molecular complexity index is 1130. The monoisotopic (exact) mass is 377 g/mol. The number of aromatic carboxylic acids is 1. The number of thiazole rings is 1. The molecule has 2 N–H and O–H groups in total. The first-order valence-corrected chi connectivity index (χ1v) is 9.12. The molecular weight excluding hydrogens is 362 g/mol. The van der Waals surface area contributed by atoms with E-state index < -0.39 is 5.97 Å². The largest absolute Gasteiger partial charge is 0.476 e. The second-order valence-corrected chi connectivity index (χ2v) is 6.82. The highest BCUT2D eigenvalue weighted by Gasteiger charge is 2.18. The molecule has 2 aromatic heterocycles. The van der Waals surface area contributed by atoms with Crippen LogP contribution in [0.2, 0.25) is 0 Å². The summed E-state index contributed by atoms with van der Waals surface area (Å²) in [6.07, 6.45) is 0. The zero-order valence-corrected chi connectivity index (χ0v) is 14.9. The fourth-order valence-electron chi connectivity index (χ4n) is 2.93. The van der Waals surface area contributed by atoms with E-state index in [2.05, 4.69) is 10.3 Å². The summed E-state index contributed by atoms with van der Waals surface area (Å²) in [6, 6.07) is 19.5. The van der Waals surface area contributed by atoms with E-state index in [-0.39, 0.29) is 16.7 Å². The predicted octanol–water partition coefficient (Wildman–Crippen LogP) is 4.10. The Hall–Kier alpha value is -3.45. The number of fused-ring (bicyclic) bond motifs is 1. The van der Waals surface area contributed by atoms with E-state index in [1.807, 2.05) is 65.2 Å². The number of carboxylic acids is 1. The van der Waals surface area contributed by atoms with Gasteiger partial charge in [0.25, 0.3) is 5.91 Å². The van der Waals surface area contributed by atoms with Crippen molar-refractivity contribution in [2.45, 2.75) is 6.54 Å². The number of nitrogens with zero attached hydrogens (tertiary/aromatic N) is 2. The van der Waals surface area contributed by atoms with Crippen molar-refractivity contribution >= 4 is 39.2 Å². The quantitative estimate of drug-likeness (QED) is 0.548. The van der Waals surface area contributed by atoms with Gasteiger partial charge in [-0.25, -0.2) is 9.78 Å². The fraction of sp³-hybridized carbons (Fsp3) is 0.0500. The molecule has 0 saturated heterocycles. The number of hydrogen-bond acceptors (Lipinski definition) is 4. The summed E-state index contributed by atoms with van der Waals surface area (Å²) in [5.74, 6) is -1.45. The van der Waals surface area contributed by atoms with Crippen molar-refractivity contribution < 1.29 is 14.7 Å². The number of anilines is 1. The molecule has 134 valence electrons. The van der Waals surface area contributed by atoms with Crippen molar-refractivity contribution in [3.05, 3.63) is 83.0 Å². The van der Waals surface area contributed by atoms with Crippen LogP contribution in [0.3, 0.4) is 0 Å². The topological polar surface area (TPSA) is 84.2 Å². The Morgan fingerprint density at radius 3 is 2.56 bits per heavy atom. The third-order valence-corrected chi connectivity index (χ3v) is 4.93. The lowest BCUT2D eigenvalue weighted by Crippen LogP contribution is -2.17. The summed E-state index contributed by atoms with van der Waals surface area (Å²) in [5.41, 5.74) is 2.44. The summed E-state index contributed by atoms with van der Waals surface area (Å²) in [4.78, 5) is 27.8. The molecule has 0 fully saturated rings. The smallest absolute Gasteiger partial charge is 0.355 e. The zero-order valence-electron chi connectivity index (χ0n) is 14.1. The lowest BCUT2D eigenvalue weighted by Gasteiger charge is -2.10. The maximum atomic E-state index is 12.9. The third kappa shape index (κ3) is 3.45. The number of rotatable bonds is 5. The van der Waals surface area contributed by atoms with Crippen LogP contribution in [0.25, 0.3) is 10.9 Å². The number of para-hydroxylation sites is 1. The van der Waals surface area contributed by atoms with E-state index in [1.54, 1.807) is 0 Å². The van der Waals surface area contributed by atoms with Crippen molar-refractivity contribution in [1.29, 1.82) is 0 Å². The Labute approximate surface area is 158 Å². The highest BCUT2D eigenvalue weighted by Crippen LogP contribution is 2.23. The van der Waals surface area contributed by atoms with E-state index in [0.29, 0.717) is 12.2 Å². The van der Waals surface area contributed by atoms with Crippen LogP contribution in [-0.2, 0) is 6.54 Å². The number of benzene rings is 2. The molecule has 2 heterocycles. The Balaban J connectivity index is 1.70. The first-order chi connectivity index (χ1) is 13.1. The van der Waals surface area contributed by atoms with Gasteiger partial charge < -0.3 is 9.67 Å². The van der Waals surface area contributed by atoms with E-state index in [9.17, 15) is 9.59 Å². The van der Waals surface area contributed by atoms with E-state index in [0.717, 1.165) is 27.8 Å². The number of carbonyl (C=O) groups is 2. The van der Waals surface area contributed by atoms with Crippen LogP contribution in [0, 0.1) is 0 Å². The molecule has 7 heteroatoms. The zero-order chi connectivity index (χ0) is 18.8. The minimum atomic E-state index is -1.12. The number of aromatic nitrogens is 2. The van der Waals surface area contributed by atoms with Gasteiger partial charge in [0.2, 0.25) is 0 Å². The highest BCUT2D eigenvalue weighted by molar-refractivity contribution is 7.14. The van der Waals surface area contributed by atoms with Gasteiger partial charge in [-0.15, -0.1) is 11.3 Å². The van der Waals surface area contributed by atoms with E-state index >= 15 is 0 Å². The first kappa shape index (κ1) is 17.0. The van der Waals surface area contributed by atoms with Gasteiger partial charge in [0.05, 0.1) is 0 Å². The van der Waals surface area contributed by atoms with Crippen molar-refractivity contribution in [1.82, 2.24) is 9.55 Å². The van der Waals surface area contributed by atoms with Gasteiger partial charge in [-0.2, -0.15) is 0 Å². The number of nitrogens with one attached hydrogen (secondary N) is 1. The van der Waals surface area contributed by atoms with Gasteiger partial charge in [-0.1, -0.05) is 48.5 Å². The summed E-state index contributed by atoms with van der Waals surface area (Å²) < 4.78 is 1.95. The Morgan fingerprint density at radius 1 is 1.07 bits per heavy atom. The van der Waals surface area contributed by atoms with E-state index in [4.69, 9.17) is 5.11 Å². The first-order valence-electron chi connectivity index (χ1n) is 8.24. The normalized spacial score (nSPS) is 10.8. The summed E-state index contributed by atoms with van der Waals surface area (Å²) in [6.45, 7) is 0.551. The van der Waals surface area contributed by atoms with Crippen LogP contribution < -0.4 is 5.32 Å². The molecule has 0 aliphatic heterocycles. The average Bonchev–Trinajstić information content (AvgIpc) is 3.28. The Kier molecular flexibility index (Phi) is 4.43. The van der Waals surface area contributed by atoms with E-state index in [1.165, 1.54) is 5.38 Å². The molecule has 1 amide bonds. The van der Waals surface area contributed by atoms with Crippen molar-refractivity contribution in [2.75, 3.05) is 5.32 Å². The maximum Gasteiger partial charge on any atom is 0.355 e. The van der Waals surface area contributed by atoms with Crippen LogP contribution in [0.1, 0.15) is 26.5 Å². The Morgan fingerprint density at radius 2 is 1.81 bits per heavy atom. The third-order valence-electron chi connectivity index (χ3n) is 4.17. The maximum absolute atomic E-state index is 12.9. The number of carbonyl (C=O) groups excluding carboxylic acids is 1. The summed E-state index contributed by atoms with van der Waals surface area (Å²) in [5, 5.41) is 14.3. The number of hydrogen-bond donors (Lipinski definition) is 2. The minimum absolute atomic E-state index is 0.0832. The van der Waals surface area contributed by atoms with Crippen LogP contribution in [-0.4, -0.2) is 26.5 Å². The fourth-order valence-corrected chi connectivity index (χ4v) is 3.60. The van der Waals surface area contributed by atoms with Gasteiger partial charge in [0.15, 0.2) is 10.8 Å². The standard InChI is InChI=1S/C20H15N3O3S/c24-18(22-20-21-15(12-27-20)19(25)26)17-10-14-8-4-5-9-16(14)23(17)11-13-6-2-1-3-7-13/h1-10,12H,11H2,(H,25,26)(H,21,22,24). The van der Waals surface area contributed by atoms with Gasteiger partial charge in [0.1, 0.15) is 5.69 Å². The number of carboxylic acid groups (broad SMARTS) is 1. The second kappa shape index (κ2) is 7.05. The second-order valence-electron chi connectivity index (χ2n) is 5.96. The molecule has 0 aliphatic rings. The van der Waals surface area contributed by atoms with Gasteiger partial charge in [0, 0.05) is 22.8 Å². The molecule has 4 rings (SSSR count). The molecule has 27 heavy (non-hydrogen) atoms. The molecule has 6 nitrogen and oxygen atoms in total. The van der Waals surface area contributed by atoms with Crippen molar-refractivity contribution in [3.8, 4) is 0 Å². The minimum Gasteiger partial charge on any atom is -0.476 e. The molecule has 0 radical (unpaired) electrons. The van der Waals surface area contributed by atoms with Crippen LogP contribution >= 0.6 is 11.3 Å². The molecule has 0 unspecified atom stereocenters. The molecular formula is C20H15N3O3S. The van der Waals surface area contributed by atoms with Crippen LogP contribution in [0.5, 0.6) is 0 Å². The molecule has 0 saturated carbocycles. The van der Waals surface area contributed by atoms with Gasteiger partial charge >= 0.3 is 5.97 Å². The average molecular weight is 377 g/mol. The van der Waals surface area contributed by atoms with Crippen LogP contribution in [0.15, 0.2) is 66.0 Å². The van der Waals surface area contributed by atoms with Crippen LogP contribution in [0.4, 0.5) is 5.13 Å². The SMILES string of the molecule is O=C(O)c1csc(NC(=O)c2cc3ccccc3n2Cc2ccccc2)n1. The molecule has 4 aromatic rings. The highest BCUT2D eigenvalue weighted by atomic mass is 32.1. The number of amides is 1. The lowest BCUT2D eigenvalue weighted by atomic mass is 10.2. The predicted molar refractivity (Wildman–Crippen MR) is 105 cm³/mol. The summed E-state index contributed by atoms with van der Waals surface area (Å²) in [7, 11) is 0. The molecule has 2 aromatic carbocycles. The van der Waals surface area contributed by atoms with Gasteiger partial charge in [-0.05, 0) is 17.7 Å². The molecule has 0 atom stereocenters. The van der Waals surface area contributed by atoms with Gasteiger partial charge in [-0.3, -0.25) is 10.1 Å². The summed E-state index contributed by atoms with van der Waals surface area (Å²) >= 11 is 1.08. The van der Waals surface area contributed by atoms with Crippen molar-refractivity contribution in [3.63, 3.8) is 0 Å². The molecule has 0 bridgehead atoms. The molecule has 0 spiro atoms.